The third-order valence-corrected chi connectivity index (χ3v) is 4.98. The average molecular weight is 434 g/mol. The summed E-state index contributed by atoms with van der Waals surface area (Å²) in [7, 11) is 1.36. The Morgan fingerprint density at radius 2 is 1.81 bits per heavy atom. The second-order valence-electron chi connectivity index (χ2n) is 7.24. The van der Waals surface area contributed by atoms with Crippen molar-refractivity contribution in [3.05, 3.63) is 82.7 Å². The Morgan fingerprint density at radius 3 is 2.50 bits per heavy atom. The van der Waals surface area contributed by atoms with Gasteiger partial charge >= 0.3 is 5.97 Å². The van der Waals surface area contributed by atoms with Crippen LogP contribution >= 0.6 is 0 Å². The second kappa shape index (κ2) is 10.4. The van der Waals surface area contributed by atoms with Gasteiger partial charge in [-0.3, -0.25) is 4.79 Å². The molecule has 32 heavy (non-hydrogen) atoms. The Kier molecular flexibility index (Phi) is 7.44. The van der Waals surface area contributed by atoms with Crippen molar-refractivity contribution in [3.63, 3.8) is 0 Å². The number of methoxy groups -OCH3 is 1. The molecule has 7 nitrogen and oxygen atoms in total. The van der Waals surface area contributed by atoms with Crippen LogP contribution in [0.1, 0.15) is 51.0 Å². The van der Waals surface area contributed by atoms with Crippen molar-refractivity contribution in [3.8, 4) is 11.4 Å². The monoisotopic (exact) mass is 433 g/mol. The van der Waals surface area contributed by atoms with Gasteiger partial charge in [0.25, 0.3) is 5.91 Å². The van der Waals surface area contributed by atoms with E-state index in [2.05, 4.69) is 10.5 Å². The predicted octanol–water partition coefficient (Wildman–Crippen LogP) is 4.43. The Bertz CT molecular complexity index is 1130. The second-order valence-corrected chi connectivity index (χ2v) is 7.24. The average Bonchev–Trinajstić information content (AvgIpc) is 3.10. The number of carbonyl (C=O) groups is 2. The minimum atomic E-state index is -0.401. The summed E-state index contributed by atoms with van der Waals surface area (Å²) >= 11 is 0. The van der Waals surface area contributed by atoms with Crippen molar-refractivity contribution in [2.75, 3.05) is 13.7 Å². The molecule has 0 aliphatic carbocycles. The van der Waals surface area contributed by atoms with E-state index in [1.807, 2.05) is 43.5 Å². The summed E-state index contributed by atoms with van der Waals surface area (Å²) < 4.78 is 12.4. The number of ether oxygens (including phenoxy) is 2. The summed E-state index contributed by atoms with van der Waals surface area (Å²) in [5.41, 5.74) is 6.87. The number of rotatable bonds is 8. The molecule has 0 aliphatic heterocycles. The summed E-state index contributed by atoms with van der Waals surface area (Å²) in [6, 6.07) is 16.1. The molecule has 1 amide bonds. The van der Waals surface area contributed by atoms with Gasteiger partial charge in [0.15, 0.2) is 0 Å². The van der Waals surface area contributed by atoms with E-state index in [1.54, 1.807) is 42.6 Å². The Morgan fingerprint density at radius 1 is 1.09 bits per heavy atom. The molecule has 2 aromatic carbocycles. The summed E-state index contributed by atoms with van der Waals surface area (Å²) in [6.45, 7) is 6.55. The highest BCUT2D eigenvalue weighted by Gasteiger charge is 2.17. The number of hydrogen-bond donors (Lipinski definition) is 1. The molecule has 0 unspecified atom stereocenters. The largest absolute Gasteiger partial charge is 0.494 e. The number of esters is 1. The smallest absolute Gasteiger partial charge is 0.339 e. The van der Waals surface area contributed by atoms with Crippen LogP contribution in [-0.2, 0) is 4.74 Å². The fourth-order valence-corrected chi connectivity index (χ4v) is 3.39. The highest BCUT2D eigenvalue weighted by molar-refractivity contribution is 5.95. The number of aryl methyl sites for hydroxylation is 1. The van der Waals surface area contributed by atoms with Gasteiger partial charge in [-0.2, -0.15) is 5.10 Å². The molecule has 0 saturated heterocycles. The summed E-state index contributed by atoms with van der Waals surface area (Å²) in [5.74, 6) is 0.0152. The lowest BCUT2D eigenvalue weighted by molar-refractivity contribution is 0.0600. The number of para-hydroxylation sites is 1. The predicted molar refractivity (Wildman–Crippen MR) is 124 cm³/mol. The number of amides is 1. The SMILES string of the molecule is CCCOc1ccc(C(=O)N/N=C/c2cc(C)n(-c3ccccc3C(=O)OC)c2C)cc1. The molecule has 0 saturated carbocycles. The first kappa shape index (κ1) is 22.8. The van der Waals surface area contributed by atoms with E-state index in [4.69, 9.17) is 9.47 Å². The van der Waals surface area contributed by atoms with Crippen LogP contribution in [0.15, 0.2) is 59.7 Å². The van der Waals surface area contributed by atoms with Crippen LogP contribution in [0.4, 0.5) is 0 Å². The molecule has 0 fully saturated rings. The minimum Gasteiger partial charge on any atom is -0.494 e. The molecule has 0 spiro atoms. The van der Waals surface area contributed by atoms with Crippen molar-refractivity contribution < 1.29 is 19.1 Å². The van der Waals surface area contributed by atoms with Gasteiger partial charge in [-0.05, 0) is 62.7 Å². The van der Waals surface area contributed by atoms with Gasteiger partial charge in [0.2, 0.25) is 0 Å². The molecule has 0 bridgehead atoms. The van der Waals surface area contributed by atoms with Gasteiger partial charge in [0.1, 0.15) is 5.75 Å². The van der Waals surface area contributed by atoms with Crippen molar-refractivity contribution in [1.82, 2.24) is 9.99 Å². The first-order chi connectivity index (χ1) is 15.5. The molecular weight excluding hydrogens is 406 g/mol. The van der Waals surface area contributed by atoms with Crippen LogP contribution < -0.4 is 10.2 Å². The molecule has 3 rings (SSSR count). The maximum atomic E-state index is 12.4. The molecule has 3 aromatic rings. The first-order valence-electron chi connectivity index (χ1n) is 10.4. The summed E-state index contributed by atoms with van der Waals surface area (Å²) in [4.78, 5) is 24.5. The topological polar surface area (TPSA) is 81.9 Å². The molecule has 166 valence electrons. The van der Waals surface area contributed by atoms with E-state index in [0.717, 1.165) is 34.8 Å². The number of carbonyl (C=O) groups excluding carboxylic acids is 2. The maximum Gasteiger partial charge on any atom is 0.339 e. The minimum absolute atomic E-state index is 0.312. The zero-order valence-corrected chi connectivity index (χ0v) is 18.7. The fraction of sp³-hybridized carbons (Fsp3) is 0.240. The van der Waals surface area contributed by atoms with Crippen LogP contribution in [0.25, 0.3) is 5.69 Å². The zero-order chi connectivity index (χ0) is 23.1. The molecule has 0 aliphatic rings. The Balaban J connectivity index is 1.76. The van der Waals surface area contributed by atoms with E-state index in [9.17, 15) is 9.59 Å². The molecule has 0 radical (unpaired) electrons. The maximum absolute atomic E-state index is 12.4. The summed E-state index contributed by atoms with van der Waals surface area (Å²) in [5, 5.41) is 4.11. The van der Waals surface area contributed by atoms with E-state index in [-0.39, 0.29) is 5.91 Å². The first-order valence-corrected chi connectivity index (χ1v) is 10.4. The standard InChI is InChI=1S/C25H27N3O4/c1-5-14-32-21-12-10-19(11-13-21)24(29)27-26-16-20-15-17(2)28(18(20)3)23-9-7-6-8-22(23)25(30)31-4/h6-13,15-16H,5,14H2,1-4H3,(H,27,29)/b26-16+. The van der Waals surface area contributed by atoms with Crippen molar-refractivity contribution in [2.24, 2.45) is 5.10 Å². The lowest BCUT2D eigenvalue weighted by Gasteiger charge is -2.13. The number of hydrogen-bond acceptors (Lipinski definition) is 5. The lowest BCUT2D eigenvalue weighted by atomic mass is 10.1. The third kappa shape index (κ3) is 5.06. The number of hydrazone groups is 1. The van der Waals surface area contributed by atoms with Crippen LogP contribution in [-0.4, -0.2) is 36.4 Å². The van der Waals surface area contributed by atoms with E-state index in [1.165, 1.54) is 7.11 Å². The number of nitrogens with zero attached hydrogens (tertiary/aromatic N) is 2. The zero-order valence-electron chi connectivity index (χ0n) is 18.7. The number of benzene rings is 2. The van der Waals surface area contributed by atoms with Crippen molar-refractivity contribution in [1.29, 1.82) is 0 Å². The van der Waals surface area contributed by atoms with E-state index in [0.29, 0.717) is 17.7 Å². The lowest BCUT2D eigenvalue weighted by Crippen LogP contribution is -2.17. The van der Waals surface area contributed by atoms with Gasteiger partial charge < -0.3 is 14.0 Å². The van der Waals surface area contributed by atoms with Gasteiger partial charge in [0, 0.05) is 22.5 Å². The van der Waals surface area contributed by atoms with Gasteiger partial charge in [-0.1, -0.05) is 19.1 Å². The quantitative estimate of drug-likeness (QED) is 0.324. The Hall–Kier alpha value is -3.87. The fourth-order valence-electron chi connectivity index (χ4n) is 3.39. The number of aromatic nitrogens is 1. The molecule has 7 heteroatoms. The molecule has 0 atom stereocenters. The molecule has 1 N–H and O–H groups in total. The molecule has 1 heterocycles. The van der Waals surface area contributed by atoms with Crippen LogP contribution in [0.5, 0.6) is 5.75 Å². The highest BCUT2D eigenvalue weighted by Crippen LogP contribution is 2.23. The molecule has 1 aromatic heterocycles. The van der Waals surface area contributed by atoms with E-state index < -0.39 is 5.97 Å². The van der Waals surface area contributed by atoms with Crippen LogP contribution in [0.2, 0.25) is 0 Å². The van der Waals surface area contributed by atoms with Crippen molar-refractivity contribution in [2.45, 2.75) is 27.2 Å². The summed E-state index contributed by atoms with van der Waals surface area (Å²) in [6.07, 6.45) is 2.52. The van der Waals surface area contributed by atoms with E-state index >= 15 is 0 Å². The number of nitrogens with one attached hydrogen (secondary N) is 1. The van der Waals surface area contributed by atoms with Crippen LogP contribution in [0, 0.1) is 13.8 Å². The van der Waals surface area contributed by atoms with Gasteiger partial charge in [0.05, 0.1) is 31.2 Å². The third-order valence-electron chi connectivity index (χ3n) is 4.98. The Labute approximate surface area is 187 Å². The molecular formula is C25H27N3O4. The highest BCUT2D eigenvalue weighted by atomic mass is 16.5. The van der Waals surface area contributed by atoms with Crippen LogP contribution in [0.3, 0.4) is 0 Å². The normalized spacial score (nSPS) is 10.9. The van der Waals surface area contributed by atoms with Crippen molar-refractivity contribution >= 4 is 18.1 Å². The van der Waals surface area contributed by atoms with Gasteiger partial charge in [-0.15, -0.1) is 0 Å². The van der Waals surface area contributed by atoms with Gasteiger partial charge in [-0.25, -0.2) is 10.2 Å².